The Morgan fingerprint density at radius 1 is 1.26 bits per heavy atom. The predicted octanol–water partition coefficient (Wildman–Crippen LogP) is 3.13. The first-order valence-corrected chi connectivity index (χ1v) is 9.61. The van der Waals surface area contributed by atoms with Crippen molar-refractivity contribution in [1.82, 2.24) is 19.8 Å². The van der Waals surface area contributed by atoms with Crippen LogP contribution in [0.2, 0.25) is 0 Å². The largest absolute Gasteiger partial charge is 0.461 e. The maximum absolute atomic E-state index is 12.8. The van der Waals surface area contributed by atoms with Crippen molar-refractivity contribution in [2.75, 3.05) is 19.6 Å². The molecule has 2 unspecified atom stereocenters. The molecule has 6 heteroatoms. The molecule has 2 atom stereocenters. The number of furan rings is 1. The average Bonchev–Trinajstić information content (AvgIpc) is 3.07. The Hall–Kier alpha value is -2.47. The minimum atomic E-state index is 0.109. The number of hydrogen-bond donors (Lipinski definition) is 0. The average molecular weight is 366 g/mol. The predicted molar refractivity (Wildman–Crippen MR) is 103 cm³/mol. The molecule has 3 aliphatic rings. The second-order valence-corrected chi connectivity index (χ2v) is 7.79. The fourth-order valence-corrected chi connectivity index (χ4v) is 4.01. The van der Waals surface area contributed by atoms with E-state index in [4.69, 9.17) is 4.42 Å². The molecule has 0 N–H and O–H groups in total. The van der Waals surface area contributed by atoms with E-state index < -0.39 is 0 Å². The smallest absolute Gasteiger partial charge is 0.227 e. The summed E-state index contributed by atoms with van der Waals surface area (Å²) in [5.41, 5.74) is 2.32. The summed E-state index contributed by atoms with van der Waals surface area (Å²) in [6.45, 7) is 7.41. The van der Waals surface area contributed by atoms with E-state index >= 15 is 0 Å². The minimum Gasteiger partial charge on any atom is -0.461 e. The van der Waals surface area contributed by atoms with E-state index in [2.05, 4.69) is 39.7 Å². The van der Waals surface area contributed by atoms with Crippen LogP contribution in [0, 0.1) is 5.92 Å². The van der Waals surface area contributed by atoms with Crippen LogP contribution in [0.5, 0.6) is 0 Å². The van der Waals surface area contributed by atoms with Gasteiger partial charge in [-0.15, -0.1) is 0 Å². The minimum absolute atomic E-state index is 0.109. The molecule has 142 valence electrons. The summed E-state index contributed by atoms with van der Waals surface area (Å²) in [6, 6.07) is 3.99. The summed E-state index contributed by atoms with van der Waals surface area (Å²) >= 11 is 0. The highest BCUT2D eigenvalue weighted by Gasteiger charge is 2.40. The van der Waals surface area contributed by atoms with Gasteiger partial charge in [-0.05, 0) is 38.8 Å². The van der Waals surface area contributed by atoms with Crippen molar-refractivity contribution in [1.29, 1.82) is 0 Å². The standard InChI is InChI=1S/C21H26N4O2/c1-15(2)7-8-25-18-6-5-17(21(25)26)13-24(14-18)12-16-10-22-20(23-11-16)19-4-3-9-27-19/h3-4,7,9-11,17-18H,5-6,8,12-14H2,1-2H3. The maximum Gasteiger partial charge on any atom is 0.227 e. The highest BCUT2D eigenvalue weighted by atomic mass is 16.3. The molecule has 0 aliphatic carbocycles. The fourth-order valence-electron chi connectivity index (χ4n) is 4.01. The lowest BCUT2D eigenvalue weighted by Crippen LogP contribution is -2.47. The van der Waals surface area contributed by atoms with Gasteiger partial charge in [0.25, 0.3) is 0 Å². The summed E-state index contributed by atoms with van der Waals surface area (Å²) < 4.78 is 5.34. The molecule has 5 heterocycles. The topological polar surface area (TPSA) is 62.5 Å². The quantitative estimate of drug-likeness (QED) is 0.761. The van der Waals surface area contributed by atoms with E-state index in [1.54, 1.807) is 6.26 Å². The third-order valence-electron chi connectivity index (χ3n) is 5.42. The number of piperidine rings is 1. The van der Waals surface area contributed by atoms with E-state index in [9.17, 15) is 4.79 Å². The molecule has 3 aliphatic heterocycles. The molecule has 1 amide bonds. The molecule has 0 aromatic carbocycles. The number of amides is 1. The number of aromatic nitrogens is 2. The number of allylic oxidation sites excluding steroid dienone is 1. The number of fused-ring (bicyclic) bond motifs is 4. The lowest BCUT2D eigenvalue weighted by atomic mass is 9.94. The number of hydrogen-bond acceptors (Lipinski definition) is 5. The molecular weight excluding hydrogens is 340 g/mol. The molecule has 0 saturated carbocycles. The molecule has 2 aromatic heterocycles. The van der Waals surface area contributed by atoms with Gasteiger partial charge in [0.2, 0.25) is 5.91 Å². The van der Waals surface area contributed by atoms with Crippen molar-refractivity contribution in [3.05, 3.63) is 48.0 Å². The van der Waals surface area contributed by atoms with Crippen molar-refractivity contribution in [3.63, 3.8) is 0 Å². The summed E-state index contributed by atoms with van der Waals surface area (Å²) in [4.78, 5) is 26.1. The Morgan fingerprint density at radius 3 is 2.78 bits per heavy atom. The normalized spacial score (nSPS) is 22.7. The number of nitrogens with zero attached hydrogens (tertiary/aromatic N) is 4. The summed E-state index contributed by atoms with van der Waals surface area (Å²) in [6.07, 6.45) is 9.60. The first kappa shape index (κ1) is 17.9. The van der Waals surface area contributed by atoms with Gasteiger partial charge in [-0.3, -0.25) is 9.69 Å². The molecule has 0 spiro atoms. The van der Waals surface area contributed by atoms with Crippen LogP contribution in [0.15, 0.2) is 46.9 Å². The van der Waals surface area contributed by atoms with E-state index in [-0.39, 0.29) is 5.92 Å². The van der Waals surface area contributed by atoms with Gasteiger partial charge in [0.1, 0.15) is 0 Å². The van der Waals surface area contributed by atoms with Gasteiger partial charge in [0, 0.05) is 50.2 Å². The summed E-state index contributed by atoms with van der Waals surface area (Å²) in [5.74, 6) is 1.70. The fraction of sp³-hybridized carbons (Fsp3) is 0.476. The second-order valence-electron chi connectivity index (χ2n) is 7.79. The third kappa shape index (κ3) is 3.95. The molecule has 2 aromatic rings. The Balaban J connectivity index is 1.44. The zero-order valence-electron chi connectivity index (χ0n) is 16.0. The molecular formula is C21H26N4O2. The van der Waals surface area contributed by atoms with Crippen LogP contribution in [0.3, 0.4) is 0 Å². The highest BCUT2D eigenvalue weighted by Crippen LogP contribution is 2.30. The molecule has 27 heavy (non-hydrogen) atoms. The Labute approximate surface area is 159 Å². The monoisotopic (exact) mass is 366 g/mol. The molecule has 6 nitrogen and oxygen atoms in total. The van der Waals surface area contributed by atoms with E-state index in [1.165, 1.54) is 5.57 Å². The van der Waals surface area contributed by atoms with Crippen molar-refractivity contribution < 1.29 is 9.21 Å². The zero-order chi connectivity index (χ0) is 18.8. The zero-order valence-corrected chi connectivity index (χ0v) is 16.0. The van der Waals surface area contributed by atoms with Gasteiger partial charge < -0.3 is 9.32 Å². The number of carbonyl (C=O) groups excluding carboxylic acids is 1. The maximum atomic E-state index is 12.8. The highest BCUT2D eigenvalue weighted by molar-refractivity contribution is 5.80. The molecule has 2 bridgehead atoms. The van der Waals surface area contributed by atoms with Crippen LogP contribution in [0.4, 0.5) is 0 Å². The van der Waals surface area contributed by atoms with Crippen molar-refractivity contribution in [2.45, 2.75) is 39.3 Å². The van der Waals surface area contributed by atoms with Crippen LogP contribution in [0.1, 0.15) is 32.3 Å². The van der Waals surface area contributed by atoms with Crippen LogP contribution in [0.25, 0.3) is 11.6 Å². The Bertz CT molecular complexity index is 809. The lowest BCUT2D eigenvalue weighted by molar-refractivity contribution is -0.139. The van der Waals surface area contributed by atoms with Gasteiger partial charge in [0.05, 0.1) is 12.2 Å². The van der Waals surface area contributed by atoms with Crippen molar-refractivity contribution >= 4 is 5.91 Å². The molecule has 5 rings (SSSR count). The Morgan fingerprint density at radius 2 is 2.07 bits per heavy atom. The lowest BCUT2D eigenvalue weighted by Gasteiger charge is -2.35. The molecule has 3 fully saturated rings. The van der Waals surface area contributed by atoms with Crippen LogP contribution in [-0.4, -0.2) is 51.4 Å². The van der Waals surface area contributed by atoms with Gasteiger partial charge in [0.15, 0.2) is 11.6 Å². The van der Waals surface area contributed by atoms with E-state index in [0.29, 0.717) is 23.5 Å². The summed E-state index contributed by atoms with van der Waals surface area (Å²) in [7, 11) is 0. The van der Waals surface area contributed by atoms with Gasteiger partial charge in [-0.25, -0.2) is 9.97 Å². The SMILES string of the molecule is CC(C)=CCN1C(=O)C2CCC1CN(Cc1cnc(-c3ccco3)nc1)C2. The third-order valence-corrected chi connectivity index (χ3v) is 5.42. The molecule has 0 radical (unpaired) electrons. The van der Waals surface area contributed by atoms with E-state index in [1.807, 2.05) is 24.5 Å². The van der Waals surface area contributed by atoms with Crippen LogP contribution >= 0.6 is 0 Å². The molecule has 3 saturated heterocycles. The van der Waals surface area contributed by atoms with E-state index in [0.717, 1.165) is 44.6 Å². The first-order chi connectivity index (χ1) is 13.1. The number of rotatable bonds is 5. The van der Waals surface area contributed by atoms with Crippen molar-refractivity contribution in [2.24, 2.45) is 5.92 Å². The summed E-state index contributed by atoms with van der Waals surface area (Å²) in [5, 5.41) is 0. The van der Waals surface area contributed by atoms with Gasteiger partial charge >= 0.3 is 0 Å². The van der Waals surface area contributed by atoms with Crippen molar-refractivity contribution in [3.8, 4) is 11.6 Å². The van der Waals surface area contributed by atoms with Crippen LogP contribution in [-0.2, 0) is 11.3 Å². The second kappa shape index (κ2) is 7.64. The van der Waals surface area contributed by atoms with Crippen LogP contribution < -0.4 is 0 Å². The first-order valence-electron chi connectivity index (χ1n) is 9.61. The number of carbonyl (C=O) groups is 1. The Kier molecular flexibility index (Phi) is 5.07. The van der Waals surface area contributed by atoms with Gasteiger partial charge in [-0.1, -0.05) is 11.6 Å². The van der Waals surface area contributed by atoms with Gasteiger partial charge in [-0.2, -0.15) is 0 Å².